The van der Waals surface area contributed by atoms with Gasteiger partial charge in [0, 0.05) is 24.9 Å². The van der Waals surface area contributed by atoms with Crippen LogP contribution in [0.4, 0.5) is 0 Å². The Bertz CT molecular complexity index is 385. The van der Waals surface area contributed by atoms with Crippen molar-refractivity contribution in [2.24, 2.45) is 11.8 Å². The minimum absolute atomic E-state index is 0.647. The van der Waals surface area contributed by atoms with Crippen LogP contribution in [0.5, 0.6) is 0 Å². The Morgan fingerprint density at radius 2 is 2.15 bits per heavy atom. The lowest BCUT2D eigenvalue weighted by Gasteiger charge is -2.36. The lowest BCUT2D eigenvalue weighted by atomic mass is 9.72. The lowest BCUT2D eigenvalue weighted by molar-refractivity contribution is 0.213. The van der Waals surface area contributed by atoms with Crippen LogP contribution in [0.2, 0.25) is 0 Å². The topological polar surface area (TPSA) is 29.9 Å². The van der Waals surface area contributed by atoms with Crippen molar-refractivity contribution in [2.75, 3.05) is 13.6 Å². The summed E-state index contributed by atoms with van der Waals surface area (Å²) in [6, 6.07) is 0. The molecule has 3 heteroatoms. The van der Waals surface area contributed by atoms with E-state index in [1.54, 1.807) is 0 Å². The molecule has 114 valence electrons. The molecule has 2 rings (SSSR count). The van der Waals surface area contributed by atoms with E-state index in [-0.39, 0.29) is 0 Å². The van der Waals surface area contributed by atoms with Crippen molar-refractivity contribution in [3.05, 3.63) is 18.2 Å². The molecule has 1 saturated carbocycles. The summed E-state index contributed by atoms with van der Waals surface area (Å²) < 4.78 is 2.39. The first-order chi connectivity index (χ1) is 9.80. The average molecular weight is 277 g/mol. The maximum atomic E-state index is 4.72. The molecule has 0 spiro atoms. The van der Waals surface area contributed by atoms with Gasteiger partial charge in [-0.15, -0.1) is 0 Å². The highest BCUT2D eigenvalue weighted by atomic mass is 15.1. The number of rotatable bonds is 7. The molecule has 3 atom stereocenters. The van der Waals surface area contributed by atoms with Gasteiger partial charge in [0.2, 0.25) is 0 Å². The van der Waals surface area contributed by atoms with Crippen molar-refractivity contribution in [1.82, 2.24) is 14.9 Å². The van der Waals surface area contributed by atoms with E-state index in [1.165, 1.54) is 44.3 Å². The molecule has 0 saturated heterocycles. The van der Waals surface area contributed by atoms with Crippen LogP contribution in [0.3, 0.4) is 0 Å². The van der Waals surface area contributed by atoms with Crippen molar-refractivity contribution in [3.63, 3.8) is 0 Å². The van der Waals surface area contributed by atoms with Gasteiger partial charge in [0.1, 0.15) is 5.82 Å². The molecule has 0 amide bonds. The summed E-state index contributed by atoms with van der Waals surface area (Å²) in [5.41, 5.74) is 0. The van der Waals surface area contributed by atoms with Crippen LogP contribution >= 0.6 is 0 Å². The second-order valence-corrected chi connectivity index (χ2v) is 6.37. The predicted octanol–water partition coefficient (Wildman–Crippen LogP) is 3.81. The van der Waals surface area contributed by atoms with E-state index >= 15 is 0 Å². The van der Waals surface area contributed by atoms with Gasteiger partial charge in [-0.1, -0.05) is 33.1 Å². The Kier molecular flexibility index (Phi) is 6.08. The third-order valence-corrected chi connectivity index (χ3v) is 4.81. The molecule has 1 aliphatic carbocycles. The average Bonchev–Trinajstić information content (AvgIpc) is 2.90. The normalized spacial score (nSPS) is 26.9. The second-order valence-electron chi connectivity index (χ2n) is 6.37. The maximum Gasteiger partial charge on any atom is 0.112 e. The van der Waals surface area contributed by atoms with Gasteiger partial charge in [0.25, 0.3) is 0 Å². The summed E-state index contributed by atoms with van der Waals surface area (Å²) in [5.74, 6) is 3.65. The monoisotopic (exact) mass is 277 g/mol. The highest BCUT2D eigenvalue weighted by Gasteiger charge is 2.33. The van der Waals surface area contributed by atoms with Crippen LogP contribution in [-0.4, -0.2) is 23.1 Å². The Morgan fingerprint density at radius 1 is 1.30 bits per heavy atom. The molecule has 1 heterocycles. The number of aryl methyl sites for hydroxylation is 1. The minimum Gasteiger partial charge on any atom is -0.335 e. The maximum absolute atomic E-state index is 4.72. The molecule has 20 heavy (non-hydrogen) atoms. The number of nitrogens with zero attached hydrogens (tertiary/aromatic N) is 2. The van der Waals surface area contributed by atoms with Gasteiger partial charge in [-0.2, -0.15) is 0 Å². The van der Waals surface area contributed by atoms with E-state index in [9.17, 15) is 0 Å². The first kappa shape index (κ1) is 15.6. The second kappa shape index (κ2) is 7.82. The molecule has 1 aromatic heterocycles. The van der Waals surface area contributed by atoms with Crippen LogP contribution in [-0.2, 0) is 6.54 Å². The first-order valence-corrected chi connectivity index (χ1v) is 8.45. The fourth-order valence-electron chi connectivity index (χ4n) is 3.89. The van der Waals surface area contributed by atoms with E-state index in [0.29, 0.717) is 5.92 Å². The lowest BCUT2D eigenvalue weighted by Crippen LogP contribution is -2.32. The fourth-order valence-corrected chi connectivity index (χ4v) is 3.89. The number of nitrogens with one attached hydrogen (secondary N) is 1. The Labute approximate surface area is 124 Å². The molecule has 3 nitrogen and oxygen atoms in total. The van der Waals surface area contributed by atoms with E-state index < -0.39 is 0 Å². The molecule has 0 bridgehead atoms. The highest BCUT2D eigenvalue weighted by molar-refractivity contribution is 5.05. The molecule has 1 aromatic rings. The Morgan fingerprint density at radius 3 is 2.85 bits per heavy atom. The Balaban J connectivity index is 2.15. The standard InChI is InChI=1S/C17H31N3/c1-4-6-14-7-8-15(13-18-3)16(12-14)17-19-9-11-20(17)10-5-2/h9,11,14-16,18H,4-8,10,12-13H2,1-3H3. The van der Waals surface area contributed by atoms with Crippen molar-refractivity contribution in [3.8, 4) is 0 Å². The summed E-state index contributed by atoms with van der Waals surface area (Å²) in [5, 5.41) is 3.39. The van der Waals surface area contributed by atoms with Gasteiger partial charge in [0.15, 0.2) is 0 Å². The van der Waals surface area contributed by atoms with Crippen molar-refractivity contribution in [2.45, 2.75) is 64.8 Å². The quantitative estimate of drug-likeness (QED) is 0.821. The van der Waals surface area contributed by atoms with Crippen LogP contribution in [0.1, 0.15) is 64.1 Å². The highest BCUT2D eigenvalue weighted by Crippen LogP contribution is 2.41. The molecule has 1 aliphatic rings. The fraction of sp³-hybridized carbons (Fsp3) is 0.824. The van der Waals surface area contributed by atoms with E-state index in [2.05, 4.69) is 37.0 Å². The molecule has 0 radical (unpaired) electrons. The smallest absolute Gasteiger partial charge is 0.112 e. The third kappa shape index (κ3) is 3.63. The molecule has 1 N–H and O–H groups in total. The van der Waals surface area contributed by atoms with Gasteiger partial charge < -0.3 is 9.88 Å². The summed E-state index contributed by atoms with van der Waals surface area (Å²) in [7, 11) is 2.08. The Hall–Kier alpha value is -0.830. The van der Waals surface area contributed by atoms with E-state index in [4.69, 9.17) is 4.98 Å². The predicted molar refractivity (Wildman–Crippen MR) is 84.9 cm³/mol. The third-order valence-electron chi connectivity index (χ3n) is 4.81. The van der Waals surface area contributed by atoms with Crippen molar-refractivity contribution in [1.29, 1.82) is 0 Å². The first-order valence-electron chi connectivity index (χ1n) is 8.45. The summed E-state index contributed by atoms with van der Waals surface area (Å²) in [6.07, 6.45) is 12.1. The van der Waals surface area contributed by atoms with Gasteiger partial charge in [0.05, 0.1) is 0 Å². The van der Waals surface area contributed by atoms with Crippen LogP contribution in [0.25, 0.3) is 0 Å². The summed E-state index contributed by atoms with van der Waals surface area (Å²) >= 11 is 0. The largest absolute Gasteiger partial charge is 0.335 e. The SMILES string of the molecule is CCCC1CCC(CNC)C(c2nccn2CCC)C1. The molecular weight excluding hydrogens is 246 g/mol. The molecular formula is C17H31N3. The zero-order valence-electron chi connectivity index (χ0n) is 13.4. The van der Waals surface area contributed by atoms with E-state index in [1.807, 2.05) is 6.20 Å². The van der Waals surface area contributed by atoms with Gasteiger partial charge in [-0.3, -0.25) is 0 Å². The summed E-state index contributed by atoms with van der Waals surface area (Å²) in [4.78, 5) is 4.72. The minimum atomic E-state index is 0.647. The van der Waals surface area contributed by atoms with E-state index in [0.717, 1.165) is 24.9 Å². The summed E-state index contributed by atoms with van der Waals surface area (Å²) in [6.45, 7) is 6.79. The van der Waals surface area contributed by atoms with Crippen LogP contribution in [0.15, 0.2) is 12.4 Å². The molecule has 0 aromatic carbocycles. The zero-order valence-corrected chi connectivity index (χ0v) is 13.4. The number of aromatic nitrogens is 2. The molecule has 1 fully saturated rings. The van der Waals surface area contributed by atoms with Gasteiger partial charge in [-0.25, -0.2) is 4.98 Å². The number of imidazole rings is 1. The van der Waals surface area contributed by atoms with Gasteiger partial charge in [-0.05, 0) is 44.7 Å². The van der Waals surface area contributed by atoms with Crippen molar-refractivity contribution >= 4 is 0 Å². The van der Waals surface area contributed by atoms with Crippen LogP contribution in [0, 0.1) is 11.8 Å². The zero-order chi connectivity index (χ0) is 14.4. The number of hydrogen-bond donors (Lipinski definition) is 1. The van der Waals surface area contributed by atoms with Gasteiger partial charge >= 0.3 is 0 Å². The molecule has 0 aliphatic heterocycles. The van der Waals surface area contributed by atoms with Crippen LogP contribution < -0.4 is 5.32 Å². The molecule has 3 unspecified atom stereocenters. The van der Waals surface area contributed by atoms with Crippen molar-refractivity contribution < 1.29 is 0 Å². The number of hydrogen-bond acceptors (Lipinski definition) is 2.